The van der Waals surface area contributed by atoms with Crippen molar-refractivity contribution in [3.8, 4) is 5.75 Å². The SMILES string of the molecule is O=C1OC(c2ccccc2)=N/C1=C\c1ccc(OS(=O)(=O)c2ccccc2)cc1. The van der Waals surface area contributed by atoms with Crippen LogP contribution in [0.4, 0.5) is 0 Å². The van der Waals surface area contributed by atoms with E-state index in [2.05, 4.69) is 4.99 Å². The van der Waals surface area contributed by atoms with Crippen molar-refractivity contribution in [2.45, 2.75) is 4.90 Å². The Kier molecular flexibility index (Phi) is 4.97. The number of hydrogen-bond donors (Lipinski definition) is 0. The summed E-state index contributed by atoms with van der Waals surface area (Å²) < 4.78 is 34.9. The van der Waals surface area contributed by atoms with E-state index in [-0.39, 0.29) is 22.2 Å². The standard InChI is InChI=1S/C22H15NO5S/c24-22-20(23-21(27-22)17-7-3-1-4-8-17)15-16-11-13-18(14-12-16)28-29(25,26)19-9-5-2-6-10-19/h1-15H/b20-15-. The topological polar surface area (TPSA) is 82.0 Å². The number of aliphatic imine (C=N–C) groups is 1. The van der Waals surface area contributed by atoms with Gasteiger partial charge in [-0.2, -0.15) is 8.42 Å². The molecule has 0 bridgehead atoms. The molecule has 3 aromatic rings. The van der Waals surface area contributed by atoms with Gasteiger partial charge in [0.1, 0.15) is 10.6 Å². The molecule has 6 nitrogen and oxygen atoms in total. The number of carbonyl (C=O) groups excluding carboxylic acids is 1. The third kappa shape index (κ3) is 4.25. The normalized spacial score (nSPS) is 15.1. The Morgan fingerprint density at radius 1 is 0.828 bits per heavy atom. The zero-order valence-electron chi connectivity index (χ0n) is 15.1. The van der Waals surface area contributed by atoms with E-state index in [0.717, 1.165) is 0 Å². The Bertz CT molecular complexity index is 1200. The van der Waals surface area contributed by atoms with Crippen LogP contribution in [-0.2, 0) is 19.6 Å². The number of hydrogen-bond acceptors (Lipinski definition) is 6. The molecule has 1 aliphatic rings. The second kappa shape index (κ2) is 7.73. The molecule has 0 radical (unpaired) electrons. The number of rotatable bonds is 5. The van der Waals surface area contributed by atoms with Crippen LogP contribution in [0.1, 0.15) is 11.1 Å². The van der Waals surface area contributed by atoms with Crippen molar-refractivity contribution in [2.24, 2.45) is 4.99 Å². The molecule has 0 N–H and O–H groups in total. The lowest BCUT2D eigenvalue weighted by Gasteiger charge is -2.07. The van der Waals surface area contributed by atoms with Gasteiger partial charge in [0, 0.05) is 5.56 Å². The van der Waals surface area contributed by atoms with E-state index in [1.165, 1.54) is 24.3 Å². The second-order valence-corrected chi connectivity index (χ2v) is 7.67. The highest BCUT2D eigenvalue weighted by Crippen LogP contribution is 2.22. The zero-order chi connectivity index (χ0) is 20.3. The van der Waals surface area contributed by atoms with Crippen LogP contribution in [0.15, 0.2) is 101 Å². The summed E-state index contributed by atoms with van der Waals surface area (Å²) in [6.07, 6.45) is 1.56. The molecule has 1 aliphatic heterocycles. The summed E-state index contributed by atoms with van der Waals surface area (Å²) in [5, 5.41) is 0. The maximum absolute atomic E-state index is 12.3. The van der Waals surface area contributed by atoms with Crippen LogP contribution in [0, 0.1) is 0 Å². The molecule has 0 unspecified atom stereocenters. The Labute approximate surface area is 167 Å². The summed E-state index contributed by atoms with van der Waals surface area (Å²) >= 11 is 0. The van der Waals surface area contributed by atoms with Crippen LogP contribution in [0.5, 0.6) is 5.75 Å². The number of ether oxygens (including phenoxy) is 1. The fourth-order valence-electron chi connectivity index (χ4n) is 2.65. The fraction of sp³-hybridized carbons (Fsp3) is 0. The highest BCUT2D eigenvalue weighted by atomic mass is 32.2. The van der Waals surface area contributed by atoms with Gasteiger partial charge in [-0.3, -0.25) is 0 Å². The predicted molar refractivity (Wildman–Crippen MR) is 108 cm³/mol. The van der Waals surface area contributed by atoms with Gasteiger partial charge in [-0.05, 0) is 48.0 Å². The molecule has 29 heavy (non-hydrogen) atoms. The van der Waals surface area contributed by atoms with Crippen LogP contribution < -0.4 is 4.18 Å². The fourth-order valence-corrected chi connectivity index (χ4v) is 3.60. The minimum absolute atomic E-state index is 0.0719. The molecule has 0 aliphatic carbocycles. The minimum atomic E-state index is -3.91. The lowest BCUT2D eigenvalue weighted by atomic mass is 10.2. The van der Waals surface area contributed by atoms with Gasteiger partial charge in [0.25, 0.3) is 0 Å². The Hall–Kier alpha value is -3.71. The van der Waals surface area contributed by atoms with Gasteiger partial charge < -0.3 is 8.92 Å². The first kappa shape index (κ1) is 18.6. The molecule has 0 saturated carbocycles. The van der Waals surface area contributed by atoms with Crippen molar-refractivity contribution < 1.29 is 22.1 Å². The summed E-state index contributed by atoms with van der Waals surface area (Å²) in [6.45, 7) is 0. The van der Waals surface area contributed by atoms with Gasteiger partial charge >= 0.3 is 16.1 Å². The van der Waals surface area contributed by atoms with E-state index in [1.807, 2.05) is 18.2 Å². The van der Waals surface area contributed by atoms with Crippen molar-refractivity contribution in [2.75, 3.05) is 0 Å². The molecule has 0 aromatic heterocycles. The molecule has 0 spiro atoms. The van der Waals surface area contributed by atoms with Crippen LogP contribution in [0.25, 0.3) is 6.08 Å². The first-order valence-electron chi connectivity index (χ1n) is 8.69. The van der Waals surface area contributed by atoms with Crippen LogP contribution in [-0.4, -0.2) is 20.3 Å². The van der Waals surface area contributed by atoms with Crippen molar-refractivity contribution in [1.82, 2.24) is 0 Å². The van der Waals surface area contributed by atoms with Crippen molar-refractivity contribution in [3.63, 3.8) is 0 Å². The lowest BCUT2D eigenvalue weighted by Crippen LogP contribution is -2.09. The Morgan fingerprint density at radius 3 is 2.10 bits per heavy atom. The quantitative estimate of drug-likeness (QED) is 0.366. The molecule has 7 heteroatoms. The predicted octanol–water partition coefficient (Wildman–Crippen LogP) is 3.80. The van der Waals surface area contributed by atoms with Gasteiger partial charge in [-0.25, -0.2) is 9.79 Å². The van der Waals surface area contributed by atoms with Gasteiger partial charge in [0.2, 0.25) is 5.90 Å². The van der Waals surface area contributed by atoms with Crippen molar-refractivity contribution in [3.05, 3.63) is 102 Å². The first-order valence-corrected chi connectivity index (χ1v) is 10.1. The Balaban J connectivity index is 1.53. The summed E-state index contributed by atoms with van der Waals surface area (Å²) in [7, 11) is -3.91. The largest absolute Gasteiger partial charge is 0.402 e. The number of esters is 1. The molecule has 3 aromatic carbocycles. The first-order chi connectivity index (χ1) is 14.0. The van der Waals surface area contributed by atoms with Gasteiger partial charge in [0.15, 0.2) is 5.70 Å². The molecule has 1 heterocycles. The van der Waals surface area contributed by atoms with Gasteiger partial charge in [-0.1, -0.05) is 48.5 Å². The number of benzene rings is 3. The smallest absolute Gasteiger partial charge is 0.363 e. The minimum Gasteiger partial charge on any atom is -0.402 e. The summed E-state index contributed by atoms with van der Waals surface area (Å²) in [5.74, 6) is -0.134. The number of carbonyl (C=O) groups is 1. The van der Waals surface area contributed by atoms with E-state index >= 15 is 0 Å². The van der Waals surface area contributed by atoms with Crippen molar-refractivity contribution >= 4 is 28.1 Å². The van der Waals surface area contributed by atoms with E-state index in [1.54, 1.807) is 48.5 Å². The zero-order valence-corrected chi connectivity index (χ0v) is 15.9. The summed E-state index contributed by atoms with van der Waals surface area (Å²) in [5.41, 5.74) is 1.52. The number of cyclic esters (lactones) is 1. The molecule has 144 valence electrons. The third-order valence-electron chi connectivity index (χ3n) is 4.06. The van der Waals surface area contributed by atoms with E-state index in [9.17, 15) is 13.2 Å². The van der Waals surface area contributed by atoms with Gasteiger partial charge in [-0.15, -0.1) is 0 Å². The molecular formula is C22H15NO5S. The van der Waals surface area contributed by atoms with Crippen molar-refractivity contribution in [1.29, 1.82) is 0 Å². The van der Waals surface area contributed by atoms with Crippen LogP contribution in [0.3, 0.4) is 0 Å². The molecule has 0 atom stereocenters. The van der Waals surface area contributed by atoms with E-state index in [4.69, 9.17) is 8.92 Å². The summed E-state index contributed by atoms with van der Waals surface area (Å²) in [6, 6.07) is 23.3. The molecule has 0 saturated heterocycles. The lowest BCUT2D eigenvalue weighted by molar-refractivity contribution is -0.129. The molecule has 0 fully saturated rings. The van der Waals surface area contributed by atoms with Gasteiger partial charge in [0.05, 0.1) is 0 Å². The maximum Gasteiger partial charge on any atom is 0.363 e. The third-order valence-corrected chi connectivity index (χ3v) is 5.32. The maximum atomic E-state index is 12.3. The highest BCUT2D eigenvalue weighted by molar-refractivity contribution is 7.87. The number of nitrogens with zero attached hydrogens (tertiary/aromatic N) is 1. The highest BCUT2D eigenvalue weighted by Gasteiger charge is 2.24. The second-order valence-electron chi connectivity index (χ2n) is 6.12. The summed E-state index contributed by atoms with van der Waals surface area (Å²) in [4.78, 5) is 16.4. The average Bonchev–Trinajstić information content (AvgIpc) is 3.11. The average molecular weight is 405 g/mol. The molecular weight excluding hydrogens is 390 g/mol. The molecule has 4 rings (SSSR count). The van der Waals surface area contributed by atoms with Crippen LogP contribution in [0.2, 0.25) is 0 Å². The van der Waals surface area contributed by atoms with E-state index < -0.39 is 16.1 Å². The van der Waals surface area contributed by atoms with E-state index in [0.29, 0.717) is 11.1 Å². The monoisotopic (exact) mass is 405 g/mol. The van der Waals surface area contributed by atoms with Crippen LogP contribution >= 0.6 is 0 Å². The Morgan fingerprint density at radius 2 is 1.45 bits per heavy atom. The molecule has 0 amide bonds.